The quantitative estimate of drug-likeness (QED) is 0.709. The van der Waals surface area contributed by atoms with E-state index < -0.39 is 5.56 Å². The normalized spacial score (nSPS) is 12.5. The highest BCUT2D eigenvalue weighted by Gasteiger charge is 2.07. The molecule has 0 spiro atoms. The Morgan fingerprint density at radius 3 is 2.71 bits per heavy atom. The number of thiazole rings is 1. The maximum atomic E-state index is 12.1. The van der Waals surface area contributed by atoms with Gasteiger partial charge in [0, 0.05) is 0 Å². The van der Waals surface area contributed by atoms with Crippen molar-refractivity contribution in [2.75, 3.05) is 0 Å². The molecule has 21 heavy (non-hydrogen) atoms. The number of allylic oxidation sites excluding steroid dienone is 1. The van der Waals surface area contributed by atoms with E-state index in [9.17, 15) is 9.59 Å². The zero-order chi connectivity index (χ0) is 14.8. The van der Waals surface area contributed by atoms with Gasteiger partial charge in [-0.25, -0.2) is 0 Å². The van der Waals surface area contributed by atoms with Crippen molar-refractivity contribution >= 4 is 28.4 Å². The van der Waals surface area contributed by atoms with Crippen LogP contribution in [0.25, 0.3) is 17.1 Å². The topological polar surface area (TPSA) is 64.3 Å². The number of hydrogen-bond acceptors (Lipinski definition) is 5. The number of rotatable bonds is 2. The summed E-state index contributed by atoms with van der Waals surface area (Å²) in [7, 11) is 0. The Hall–Kier alpha value is -2.60. The van der Waals surface area contributed by atoms with Gasteiger partial charge in [0.15, 0.2) is 0 Å². The highest BCUT2D eigenvalue weighted by Crippen LogP contribution is 2.01. The highest BCUT2D eigenvalue weighted by molar-refractivity contribution is 7.15. The Morgan fingerprint density at radius 2 is 1.95 bits per heavy atom. The fourth-order valence-electron chi connectivity index (χ4n) is 1.81. The molecular weight excluding hydrogens is 286 g/mol. The van der Waals surface area contributed by atoms with Gasteiger partial charge in [0.2, 0.25) is 4.96 Å². The lowest BCUT2D eigenvalue weighted by molar-refractivity contribution is 0.833. The van der Waals surface area contributed by atoms with Crippen molar-refractivity contribution in [1.29, 1.82) is 0 Å². The van der Waals surface area contributed by atoms with Crippen LogP contribution in [0, 0.1) is 6.92 Å². The van der Waals surface area contributed by atoms with Crippen LogP contribution in [0.1, 0.15) is 11.3 Å². The number of aryl methyl sites for hydroxylation is 1. The Kier molecular flexibility index (Phi) is 3.45. The van der Waals surface area contributed by atoms with Crippen LogP contribution >= 0.6 is 11.3 Å². The smallest absolute Gasteiger partial charge is 0.266 e. The molecule has 5 nitrogen and oxygen atoms in total. The van der Waals surface area contributed by atoms with Gasteiger partial charge in [-0.3, -0.25) is 9.59 Å². The van der Waals surface area contributed by atoms with Crippen molar-refractivity contribution in [2.45, 2.75) is 6.92 Å². The molecule has 0 amide bonds. The third-order valence-corrected chi connectivity index (χ3v) is 3.86. The van der Waals surface area contributed by atoms with Crippen molar-refractivity contribution in [3.05, 3.63) is 72.9 Å². The molecule has 6 heteroatoms. The van der Waals surface area contributed by atoms with Crippen molar-refractivity contribution in [2.24, 2.45) is 0 Å². The van der Waals surface area contributed by atoms with Crippen molar-refractivity contribution in [3.63, 3.8) is 0 Å². The van der Waals surface area contributed by atoms with Crippen LogP contribution < -0.4 is 15.7 Å². The number of nitrogens with zero attached hydrogens (tertiary/aromatic N) is 3. The molecule has 2 heterocycles. The third-order valence-electron chi connectivity index (χ3n) is 2.88. The zero-order valence-electron chi connectivity index (χ0n) is 11.2. The molecule has 1 aromatic carbocycles. The minimum atomic E-state index is -0.400. The average Bonchev–Trinajstić information content (AvgIpc) is 2.77. The molecule has 0 saturated heterocycles. The fourth-order valence-corrected chi connectivity index (χ4v) is 2.67. The molecule has 0 fully saturated rings. The molecule has 0 bridgehead atoms. The lowest BCUT2D eigenvalue weighted by atomic mass is 10.2. The van der Waals surface area contributed by atoms with E-state index >= 15 is 0 Å². The summed E-state index contributed by atoms with van der Waals surface area (Å²) in [6.45, 7) is 1.54. The monoisotopic (exact) mass is 297 g/mol. The van der Waals surface area contributed by atoms with E-state index in [-0.39, 0.29) is 11.3 Å². The summed E-state index contributed by atoms with van der Waals surface area (Å²) in [5, 5.41) is 3.96. The zero-order valence-corrected chi connectivity index (χ0v) is 12.0. The molecule has 0 aliphatic rings. The van der Waals surface area contributed by atoms with E-state index in [1.165, 1.54) is 11.4 Å². The molecule has 0 saturated carbocycles. The first kappa shape index (κ1) is 13.4. The Balaban J connectivity index is 2.07. The molecule has 104 valence electrons. The lowest BCUT2D eigenvalue weighted by Crippen LogP contribution is -2.26. The molecule has 0 aliphatic carbocycles. The average molecular weight is 297 g/mol. The number of fused-ring (bicyclic) bond motifs is 1. The van der Waals surface area contributed by atoms with Gasteiger partial charge in [-0.1, -0.05) is 53.8 Å². The summed E-state index contributed by atoms with van der Waals surface area (Å²) in [6, 6.07) is 9.77. The second-order valence-corrected chi connectivity index (χ2v) is 5.41. The van der Waals surface area contributed by atoms with Crippen LogP contribution in [0.4, 0.5) is 0 Å². The molecule has 3 aromatic rings. The minimum absolute atomic E-state index is 0.216. The Bertz CT molecular complexity index is 987. The summed E-state index contributed by atoms with van der Waals surface area (Å²) in [5.74, 6) is 0. The minimum Gasteiger partial charge on any atom is -0.266 e. The van der Waals surface area contributed by atoms with Crippen LogP contribution in [-0.4, -0.2) is 14.6 Å². The number of hydrogen-bond donors (Lipinski definition) is 0. The Morgan fingerprint density at radius 1 is 1.19 bits per heavy atom. The van der Waals surface area contributed by atoms with Crippen molar-refractivity contribution < 1.29 is 0 Å². The van der Waals surface area contributed by atoms with Gasteiger partial charge in [0.1, 0.15) is 5.69 Å². The van der Waals surface area contributed by atoms with E-state index in [1.54, 1.807) is 12.2 Å². The summed E-state index contributed by atoms with van der Waals surface area (Å²) in [4.78, 5) is 27.7. The first-order valence-electron chi connectivity index (χ1n) is 6.29. The van der Waals surface area contributed by atoms with E-state index in [1.807, 2.05) is 36.4 Å². The second-order valence-electron chi connectivity index (χ2n) is 4.40. The summed E-state index contributed by atoms with van der Waals surface area (Å²) >= 11 is 1.15. The van der Waals surface area contributed by atoms with E-state index in [2.05, 4.69) is 10.1 Å². The van der Waals surface area contributed by atoms with Crippen LogP contribution in [0.3, 0.4) is 0 Å². The van der Waals surface area contributed by atoms with Crippen molar-refractivity contribution in [3.8, 4) is 0 Å². The van der Waals surface area contributed by atoms with E-state index in [0.717, 1.165) is 16.9 Å². The van der Waals surface area contributed by atoms with Gasteiger partial charge in [0.25, 0.3) is 11.1 Å². The molecular formula is C15H11N3O2S. The largest absolute Gasteiger partial charge is 0.295 e. The van der Waals surface area contributed by atoms with Gasteiger partial charge in [-0.2, -0.15) is 14.6 Å². The maximum absolute atomic E-state index is 12.1. The van der Waals surface area contributed by atoms with Crippen LogP contribution in [-0.2, 0) is 0 Å². The van der Waals surface area contributed by atoms with Gasteiger partial charge in [-0.15, -0.1) is 0 Å². The van der Waals surface area contributed by atoms with E-state index in [4.69, 9.17) is 0 Å². The number of aromatic nitrogens is 3. The molecule has 0 radical (unpaired) electrons. The predicted octanol–water partition coefficient (Wildman–Crippen LogP) is 1.03. The van der Waals surface area contributed by atoms with Gasteiger partial charge in [-0.05, 0) is 18.6 Å². The highest BCUT2D eigenvalue weighted by atomic mass is 32.1. The fraction of sp³-hybridized carbons (Fsp3) is 0.0667. The van der Waals surface area contributed by atoms with Crippen LogP contribution in [0.5, 0.6) is 0 Å². The molecule has 0 aliphatic heterocycles. The first-order valence-corrected chi connectivity index (χ1v) is 7.11. The first-order chi connectivity index (χ1) is 10.1. The molecule has 0 N–H and O–H groups in total. The van der Waals surface area contributed by atoms with Crippen LogP contribution in [0.15, 0.2) is 46.0 Å². The predicted molar refractivity (Wildman–Crippen MR) is 83.3 cm³/mol. The number of benzene rings is 1. The Labute approximate surface area is 123 Å². The van der Waals surface area contributed by atoms with Gasteiger partial charge in [0.05, 0.1) is 4.53 Å². The summed E-state index contributed by atoms with van der Waals surface area (Å²) < 4.78 is 1.66. The molecule has 0 atom stereocenters. The van der Waals surface area contributed by atoms with Crippen LogP contribution in [0.2, 0.25) is 0 Å². The van der Waals surface area contributed by atoms with Gasteiger partial charge < -0.3 is 0 Å². The van der Waals surface area contributed by atoms with Gasteiger partial charge >= 0.3 is 0 Å². The standard InChI is InChI=1S/C15H11N3O2S/c1-10-13(19)16-15-18(17-10)14(20)12(21-15)9-5-8-11-6-3-2-4-7-11/h2-9H,1H3. The van der Waals surface area contributed by atoms with E-state index in [0.29, 0.717) is 9.49 Å². The molecule has 2 aromatic heterocycles. The molecule has 3 rings (SSSR count). The maximum Gasteiger partial charge on any atom is 0.295 e. The second kappa shape index (κ2) is 5.41. The SMILES string of the molecule is Cc1nn2c(=O)c(=CC=Cc3ccccc3)sc2nc1=O. The summed E-state index contributed by atoms with van der Waals surface area (Å²) in [6.07, 6.45) is 5.41. The summed E-state index contributed by atoms with van der Waals surface area (Å²) in [5.41, 5.74) is 0.601. The lowest BCUT2D eigenvalue weighted by Gasteiger charge is -1.89. The third kappa shape index (κ3) is 2.66. The molecule has 0 unspecified atom stereocenters. The van der Waals surface area contributed by atoms with Crippen molar-refractivity contribution in [1.82, 2.24) is 14.6 Å².